The largest absolute Gasteiger partial charge is 0.378 e. The molecule has 6 nitrogen and oxygen atoms in total. The number of nitrogens with zero attached hydrogens (tertiary/aromatic N) is 1. The zero-order chi connectivity index (χ0) is 12.3. The van der Waals surface area contributed by atoms with Gasteiger partial charge in [0.2, 0.25) is 5.91 Å². The van der Waals surface area contributed by atoms with Crippen molar-refractivity contribution in [3.63, 3.8) is 0 Å². The summed E-state index contributed by atoms with van der Waals surface area (Å²) in [5, 5.41) is 2.61. The van der Waals surface area contributed by atoms with Crippen LogP contribution in [-0.2, 0) is 19.4 Å². The van der Waals surface area contributed by atoms with Crippen LogP contribution in [0, 0.1) is 0 Å². The van der Waals surface area contributed by atoms with Crippen LogP contribution < -0.4 is 5.32 Å². The van der Waals surface area contributed by atoms with Crippen LogP contribution in [0.2, 0.25) is 0 Å². The average Bonchev–Trinajstić information content (AvgIpc) is 2.84. The molecule has 1 atom stereocenters. The molecule has 0 aliphatic carbocycles. The second-order valence-corrected chi connectivity index (χ2v) is 6.70. The molecule has 0 aromatic carbocycles. The molecule has 7 heteroatoms. The highest BCUT2D eigenvalue weighted by Crippen LogP contribution is 2.12. The molecular formula is C10H18N2O4S. The van der Waals surface area contributed by atoms with E-state index in [1.807, 2.05) is 0 Å². The van der Waals surface area contributed by atoms with Gasteiger partial charge in [-0.15, -0.1) is 0 Å². The van der Waals surface area contributed by atoms with Gasteiger partial charge in [0, 0.05) is 19.6 Å². The number of carbonyl (C=O) groups is 1. The maximum Gasteiger partial charge on any atom is 0.237 e. The molecule has 0 bridgehead atoms. The molecule has 2 aliphatic rings. The van der Waals surface area contributed by atoms with Gasteiger partial charge in [0.15, 0.2) is 9.84 Å². The average molecular weight is 262 g/mol. The number of morpholine rings is 1. The zero-order valence-corrected chi connectivity index (χ0v) is 10.5. The molecule has 2 fully saturated rings. The Morgan fingerprint density at radius 2 is 2.06 bits per heavy atom. The van der Waals surface area contributed by atoms with Crippen molar-refractivity contribution < 1.29 is 17.9 Å². The van der Waals surface area contributed by atoms with Gasteiger partial charge in [0.1, 0.15) is 5.75 Å². The summed E-state index contributed by atoms with van der Waals surface area (Å²) in [4.78, 5) is 13.4. The Hall–Kier alpha value is -0.660. The van der Waals surface area contributed by atoms with E-state index < -0.39 is 15.1 Å². The van der Waals surface area contributed by atoms with Gasteiger partial charge in [-0.25, -0.2) is 8.42 Å². The van der Waals surface area contributed by atoms with E-state index in [2.05, 4.69) is 5.32 Å². The van der Waals surface area contributed by atoms with Crippen molar-refractivity contribution in [3.8, 4) is 0 Å². The molecular weight excluding hydrogens is 244 g/mol. The lowest BCUT2D eigenvalue weighted by atomic mass is 10.4. The molecule has 2 aliphatic heterocycles. The first-order chi connectivity index (χ1) is 8.09. The van der Waals surface area contributed by atoms with E-state index in [0.29, 0.717) is 39.3 Å². The van der Waals surface area contributed by atoms with E-state index in [4.69, 9.17) is 4.74 Å². The highest BCUT2D eigenvalue weighted by molar-refractivity contribution is 7.92. The summed E-state index contributed by atoms with van der Waals surface area (Å²) in [5.74, 6) is -0.653. The van der Waals surface area contributed by atoms with Crippen molar-refractivity contribution in [3.05, 3.63) is 0 Å². The van der Waals surface area contributed by atoms with Crippen molar-refractivity contribution in [2.75, 3.05) is 45.1 Å². The first kappa shape index (κ1) is 12.8. The van der Waals surface area contributed by atoms with E-state index in [9.17, 15) is 13.2 Å². The third-order valence-electron chi connectivity index (χ3n) is 3.21. The molecule has 1 amide bonds. The van der Waals surface area contributed by atoms with Gasteiger partial charge in [-0.3, -0.25) is 4.79 Å². The predicted molar refractivity (Wildman–Crippen MR) is 62.5 cm³/mol. The summed E-state index contributed by atoms with van der Waals surface area (Å²) in [7, 11) is -3.30. The second-order valence-electron chi connectivity index (χ2n) is 4.42. The molecule has 1 N–H and O–H groups in total. The summed E-state index contributed by atoms with van der Waals surface area (Å²) < 4.78 is 29.1. The van der Waals surface area contributed by atoms with Gasteiger partial charge >= 0.3 is 0 Å². The van der Waals surface area contributed by atoms with Gasteiger partial charge in [-0.05, 0) is 13.0 Å². The number of amides is 1. The van der Waals surface area contributed by atoms with E-state index in [1.165, 1.54) is 0 Å². The van der Waals surface area contributed by atoms with Gasteiger partial charge in [0.25, 0.3) is 0 Å². The predicted octanol–water partition coefficient (Wildman–Crippen LogP) is -1.38. The summed E-state index contributed by atoms with van der Waals surface area (Å²) in [6, 6.07) is 0. The highest BCUT2D eigenvalue weighted by Gasteiger charge is 2.32. The first-order valence-electron chi connectivity index (χ1n) is 5.87. The molecule has 0 aromatic heterocycles. The Labute approximate surface area is 101 Å². The Balaban J connectivity index is 1.92. The maximum absolute atomic E-state index is 12.0. The zero-order valence-electron chi connectivity index (χ0n) is 9.72. The molecule has 2 rings (SSSR count). The number of hydrogen-bond donors (Lipinski definition) is 1. The fourth-order valence-corrected chi connectivity index (χ4v) is 3.74. The fourth-order valence-electron chi connectivity index (χ4n) is 2.13. The van der Waals surface area contributed by atoms with Crippen LogP contribution in [0.4, 0.5) is 0 Å². The van der Waals surface area contributed by atoms with Crippen molar-refractivity contribution in [2.24, 2.45) is 0 Å². The van der Waals surface area contributed by atoms with Crippen LogP contribution in [0.5, 0.6) is 0 Å². The summed E-state index contributed by atoms with van der Waals surface area (Å²) in [6.45, 7) is 3.18. The van der Waals surface area contributed by atoms with Crippen LogP contribution in [0.15, 0.2) is 0 Å². The van der Waals surface area contributed by atoms with Crippen LogP contribution in [0.1, 0.15) is 6.42 Å². The standard InChI is InChI=1S/C10H18N2O4S/c13-10(12-3-5-16-6-4-12)8-17(14,15)9-1-2-11-7-9/h9,11H,1-8H2. The Morgan fingerprint density at radius 1 is 1.35 bits per heavy atom. The van der Waals surface area contributed by atoms with Gasteiger partial charge in [-0.2, -0.15) is 0 Å². The van der Waals surface area contributed by atoms with Crippen LogP contribution >= 0.6 is 0 Å². The lowest BCUT2D eigenvalue weighted by Crippen LogP contribution is -2.44. The third-order valence-corrected chi connectivity index (χ3v) is 5.28. The minimum absolute atomic E-state index is 0.291. The lowest BCUT2D eigenvalue weighted by Gasteiger charge is -2.27. The molecule has 17 heavy (non-hydrogen) atoms. The minimum Gasteiger partial charge on any atom is -0.378 e. The van der Waals surface area contributed by atoms with E-state index in [-0.39, 0.29) is 11.7 Å². The molecule has 0 spiro atoms. The fraction of sp³-hybridized carbons (Fsp3) is 0.900. The van der Waals surface area contributed by atoms with E-state index in [0.717, 1.165) is 6.54 Å². The normalized spacial score (nSPS) is 26.1. The molecule has 0 radical (unpaired) electrons. The number of carbonyl (C=O) groups excluding carboxylic acids is 1. The second kappa shape index (κ2) is 5.32. The Kier molecular flexibility index (Phi) is 4.01. The maximum atomic E-state index is 12.0. The van der Waals surface area contributed by atoms with Crippen molar-refractivity contribution in [2.45, 2.75) is 11.7 Å². The summed E-state index contributed by atoms with van der Waals surface area (Å²) >= 11 is 0. The van der Waals surface area contributed by atoms with E-state index >= 15 is 0 Å². The summed E-state index contributed by atoms with van der Waals surface area (Å²) in [5.41, 5.74) is 0. The Morgan fingerprint density at radius 3 is 2.65 bits per heavy atom. The van der Waals surface area contributed by atoms with Crippen LogP contribution in [0.3, 0.4) is 0 Å². The summed E-state index contributed by atoms with van der Waals surface area (Å²) in [6.07, 6.45) is 0.610. The monoisotopic (exact) mass is 262 g/mol. The molecule has 2 heterocycles. The van der Waals surface area contributed by atoms with Crippen molar-refractivity contribution >= 4 is 15.7 Å². The number of nitrogens with one attached hydrogen (secondary N) is 1. The van der Waals surface area contributed by atoms with E-state index in [1.54, 1.807) is 4.90 Å². The molecule has 2 saturated heterocycles. The number of ether oxygens (including phenoxy) is 1. The minimum atomic E-state index is -3.30. The number of sulfone groups is 1. The third kappa shape index (κ3) is 3.17. The number of rotatable bonds is 3. The quantitative estimate of drug-likeness (QED) is 0.678. The number of hydrogen-bond acceptors (Lipinski definition) is 5. The van der Waals surface area contributed by atoms with Crippen LogP contribution in [0.25, 0.3) is 0 Å². The topological polar surface area (TPSA) is 75.7 Å². The van der Waals surface area contributed by atoms with Crippen molar-refractivity contribution in [1.82, 2.24) is 10.2 Å². The van der Waals surface area contributed by atoms with Crippen molar-refractivity contribution in [1.29, 1.82) is 0 Å². The SMILES string of the molecule is O=C(CS(=O)(=O)C1CCNC1)N1CCOCC1. The smallest absolute Gasteiger partial charge is 0.237 e. The van der Waals surface area contributed by atoms with Gasteiger partial charge in [-0.1, -0.05) is 0 Å². The van der Waals surface area contributed by atoms with Gasteiger partial charge < -0.3 is 15.0 Å². The highest BCUT2D eigenvalue weighted by atomic mass is 32.2. The molecule has 1 unspecified atom stereocenters. The van der Waals surface area contributed by atoms with Crippen LogP contribution in [-0.4, -0.2) is 69.6 Å². The molecule has 0 aromatic rings. The molecule has 0 saturated carbocycles. The van der Waals surface area contributed by atoms with Gasteiger partial charge in [0.05, 0.1) is 18.5 Å². The first-order valence-corrected chi connectivity index (χ1v) is 7.59. The Bertz CT molecular complexity index is 370. The molecule has 98 valence electrons. The lowest BCUT2D eigenvalue weighted by molar-refractivity contribution is -0.132.